The molecule has 0 saturated carbocycles. The molecular weight excluding hydrogens is 251 g/mol. The van der Waals surface area contributed by atoms with E-state index in [4.69, 9.17) is 0 Å². The number of hydrogen-bond acceptors (Lipinski definition) is 1. The summed E-state index contributed by atoms with van der Waals surface area (Å²) in [5.74, 6) is -0.319. The van der Waals surface area contributed by atoms with E-state index < -0.39 is 6.10 Å². The number of hydrogen-bond donors (Lipinski definition) is 1. The number of fused-ring (bicyclic) bond motifs is 1. The summed E-state index contributed by atoms with van der Waals surface area (Å²) in [5, 5.41) is 12.5. The Labute approximate surface area is 117 Å². The van der Waals surface area contributed by atoms with Crippen LogP contribution < -0.4 is 0 Å². The highest BCUT2D eigenvalue weighted by atomic mass is 19.1. The Bertz CT molecular complexity index is 736. The lowest BCUT2D eigenvalue weighted by Gasteiger charge is -2.12. The van der Waals surface area contributed by atoms with Crippen LogP contribution in [0.2, 0.25) is 0 Å². The molecule has 0 aliphatic rings. The van der Waals surface area contributed by atoms with Gasteiger partial charge in [-0.1, -0.05) is 54.6 Å². The normalized spacial score (nSPS) is 12.5. The summed E-state index contributed by atoms with van der Waals surface area (Å²) in [4.78, 5) is 0. The molecule has 1 nitrogen and oxygen atoms in total. The van der Waals surface area contributed by atoms with E-state index in [0.717, 1.165) is 10.9 Å². The second-order valence-corrected chi connectivity index (χ2v) is 4.96. The van der Waals surface area contributed by atoms with Gasteiger partial charge in [-0.05, 0) is 34.0 Å². The van der Waals surface area contributed by atoms with Crippen molar-refractivity contribution < 1.29 is 9.50 Å². The van der Waals surface area contributed by atoms with Crippen molar-refractivity contribution in [2.75, 3.05) is 0 Å². The second kappa shape index (κ2) is 5.43. The molecule has 20 heavy (non-hydrogen) atoms. The van der Waals surface area contributed by atoms with Crippen LogP contribution in [0.4, 0.5) is 4.39 Å². The van der Waals surface area contributed by atoms with Gasteiger partial charge in [-0.2, -0.15) is 0 Å². The van der Waals surface area contributed by atoms with Gasteiger partial charge in [0.2, 0.25) is 0 Å². The average molecular weight is 266 g/mol. The third-order valence-corrected chi connectivity index (χ3v) is 3.48. The van der Waals surface area contributed by atoms with E-state index in [2.05, 4.69) is 12.1 Å². The lowest BCUT2D eigenvalue weighted by molar-refractivity contribution is 0.178. The van der Waals surface area contributed by atoms with Crippen LogP contribution in [0.25, 0.3) is 10.8 Å². The summed E-state index contributed by atoms with van der Waals surface area (Å²) in [6.45, 7) is 0. The standard InChI is InChI=1S/C18H15FO/c19-17-7-3-6-16(12-17)18(20)11-13-8-9-14-4-1-2-5-15(14)10-13/h1-10,12,18,20H,11H2. The van der Waals surface area contributed by atoms with E-state index in [-0.39, 0.29) is 5.82 Å². The maximum Gasteiger partial charge on any atom is 0.123 e. The van der Waals surface area contributed by atoms with E-state index in [0.29, 0.717) is 12.0 Å². The summed E-state index contributed by atoms with van der Waals surface area (Å²) >= 11 is 0. The van der Waals surface area contributed by atoms with Gasteiger partial charge in [0, 0.05) is 6.42 Å². The SMILES string of the molecule is OC(Cc1ccc2ccccc2c1)c1cccc(F)c1. The Hall–Kier alpha value is -2.19. The molecule has 1 atom stereocenters. The van der Waals surface area contributed by atoms with Gasteiger partial charge in [0.15, 0.2) is 0 Å². The number of benzene rings is 3. The molecule has 1 N–H and O–H groups in total. The zero-order valence-corrected chi connectivity index (χ0v) is 11.0. The molecular formula is C18H15FO. The van der Waals surface area contributed by atoms with Crippen molar-refractivity contribution in [3.05, 3.63) is 83.7 Å². The van der Waals surface area contributed by atoms with E-state index in [1.54, 1.807) is 12.1 Å². The number of aliphatic hydroxyl groups excluding tert-OH is 1. The molecule has 0 radical (unpaired) electrons. The molecule has 0 fully saturated rings. The molecule has 0 spiro atoms. The Morgan fingerprint density at radius 3 is 2.45 bits per heavy atom. The van der Waals surface area contributed by atoms with Gasteiger partial charge in [-0.3, -0.25) is 0 Å². The van der Waals surface area contributed by atoms with Crippen LogP contribution in [-0.4, -0.2) is 5.11 Å². The Morgan fingerprint density at radius 2 is 1.65 bits per heavy atom. The fourth-order valence-electron chi connectivity index (χ4n) is 2.42. The highest BCUT2D eigenvalue weighted by Crippen LogP contribution is 2.22. The first-order valence-corrected chi connectivity index (χ1v) is 6.63. The summed E-state index contributed by atoms with van der Waals surface area (Å²) in [6.07, 6.45) is -0.208. The zero-order valence-electron chi connectivity index (χ0n) is 11.0. The lowest BCUT2D eigenvalue weighted by atomic mass is 9.99. The van der Waals surface area contributed by atoms with Gasteiger partial charge in [-0.15, -0.1) is 0 Å². The molecule has 0 saturated heterocycles. The Kier molecular flexibility index (Phi) is 3.48. The smallest absolute Gasteiger partial charge is 0.123 e. The monoisotopic (exact) mass is 266 g/mol. The first-order valence-electron chi connectivity index (χ1n) is 6.63. The Morgan fingerprint density at radius 1 is 0.850 bits per heavy atom. The van der Waals surface area contributed by atoms with E-state index in [1.165, 1.54) is 17.5 Å². The molecule has 0 heterocycles. The van der Waals surface area contributed by atoms with Crippen molar-refractivity contribution in [3.8, 4) is 0 Å². The molecule has 0 amide bonds. The zero-order chi connectivity index (χ0) is 13.9. The van der Waals surface area contributed by atoms with Gasteiger partial charge in [0.25, 0.3) is 0 Å². The van der Waals surface area contributed by atoms with Gasteiger partial charge in [0.1, 0.15) is 5.82 Å². The maximum atomic E-state index is 13.2. The van der Waals surface area contributed by atoms with Crippen molar-refractivity contribution in [1.29, 1.82) is 0 Å². The van der Waals surface area contributed by atoms with Crippen molar-refractivity contribution in [3.63, 3.8) is 0 Å². The summed E-state index contributed by atoms with van der Waals surface area (Å²) in [7, 11) is 0. The minimum Gasteiger partial charge on any atom is -0.388 e. The molecule has 1 unspecified atom stereocenters. The van der Waals surface area contributed by atoms with Crippen LogP contribution in [0.1, 0.15) is 17.2 Å². The third-order valence-electron chi connectivity index (χ3n) is 3.48. The van der Waals surface area contributed by atoms with E-state index in [9.17, 15) is 9.50 Å². The van der Waals surface area contributed by atoms with Crippen LogP contribution in [0.3, 0.4) is 0 Å². The van der Waals surface area contributed by atoms with Crippen LogP contribution in [0.5, 0.6) is 0 Å². The lowest BCUT2D eigenvalue weighted by Crippen LogP contribution is -2.02. The van der Waals surface area contributed by atoms with E-state index in [1.807, 2.05) is 30.3 Å². The molecule has 0 aliphatic carbocycles. The first kappa shape index (κ1) is 12.8. The van der Waals surface area contributed by atoms with Crippen LogP contribution >= 0.6 is 0 Å². The predicted molar refractivity (Wildman–Crippen MR) is 79.0 cm³/mol. The Balaban J connectivity index is 1.85. The fourth-order valence-corrected chi connectivity index (χ4v) is 2.42. The number of rotatable bonds is 3. The highest BCUT2D eigenvalue weighted by molar-refractivity contribution is 5.83. The molecule has 0 aliphatic heterocycles. The molecule has 0 bridgehead atoms. The molecule has 100 valence electrons. The fraction of sp³-hybridized carbons (Fsp3) is 0.111. The molecule has 2 heteroatoms. The van der Waals surface area contributed by atoms with Gasteiger partial charge < -0.3 is 5.11 Å². The number of halogens is 1. The van der Waals surface area contributed by atoms with Crippen molar-refractivity contribution in [2.45, 2.75) is 12.5 Å². The first-order chi connectivity index (χ1) is 9.72. The molecule has 3 aromatic carbocycles. The molecule has 0 aromatic heterocycles. The van der Waals surface area contributed by atoms with E-state index >= 15 is 0 Å². The van der Waals surface area contributed by atoms with Crippen LogP contribution in [0.15, 0.2) is 66.7 Å². The van der Waals surface area contributed by atoms with Gasteiger partial charge in [-0.25, -0.2) is 4.39 Å². The minimum absolute atomic E-state index is 0.319. The topological polar surface area (TPSA) is 20.2 Å². The predicted octanol–water partition coefficient (Wildman–Crippen LogP) is 4.26. The maximum absolute atomic E-state index is 13.2. The second-order valence-electron chi connectivity index (χ2n) is 4.96. The van der Waals surface area contributed by atoms with Crippen molar-refractivity contribution >= 4 is 10.8 Å². The summed E-state index contributed by atoms with van der Waals surface area (Å²) in [6, 6.07) is 20.3. The van der Waals surface area contributed by atoms with Gasteiger partial charge >= 0.3 is 0 Å². The van der Waals surface area contributed by atoms with Crippen LogP contribution in [0, 0.1) is 5.82 Å². The molecule has 3 rings (SSSR count). The summed E-state index contributed by atoms with van der Waals surface area (Å²) < 4.78 is 13.2. The minimum atomic E-state index is -0.688. The number of aliphatic hydroxyl groups is 1. The quantitative estimate of drug-likeness (QED) is 0.751. The summed E-state index contributed by atoms with van der Waals surface area (Å²) in [5.41, 5.74) is 1.65. The molecule has 3 aromatic rings. The van der Waals surface area contributed by atoms with Gasteiger partial charge in [0.05, 0.1) is 6.10 Å². The van der Waals surface area contributed by atoms with Crippen molar-refractivity contribution in [2.24, 2.45) is 0 Å². The van der Waals surface area contributed by atoms with Crippen LogP contribution in [-0.2, 0) is 6.42 Å². The average Bonchev–Trinajstić information content (AvgIpc) is 2.47. The largest absolute Gasteiger partial charge is 0.388 e. The van der Waals surface area contributed by atoms with Crippen molar-refractivity contribution in [1.82, 2.24) is 0 Å². The third kappa shape index (κ3) is 2.70. The highest BCUT2D eigenvalue weighted by Gasteiger charge is 2.09.